The molecule has 1 unspecified atom stereocenters. The highest BCUT2D eigenvalue weighted by Gasteiger charge is 2.43. The largest absolute Gasteiger partial charge is 0.478 e. The van der Waals surface area contributed by atoms with Gasteiger partial charge in [-0.05, 0) is 49.9 Å². The van der Waals surface area contributed by atoms with Crippen molar-refractivity contribution in [1.82, 2.24) is 0 Å². The molecule has 2 N–H and O–H groups in total. The first-order chi connectivity index (χ1) is 10.7. The number of fused-ring (bicyclic) bond motifs is 1. The van der Waals surface area contributed by atoms with Gasteiger partial charge in [-0.15, -0.1) is 0 Å². The molecule has 120 valence electrons. The van der Waals surface area contributed by atoms with Crippen LogP contribution >= 0.6 is 0 Å². The predicted molar refractivity (Wildman–Crippen MR) is 93.4 cm³/mol. The van der Waals surface area contributed by atoms with E-state index in [1.165, 1.54) is 5.56 Å². The van der Waals surface area contributed by atoms with E-state index in [0.29, 0.717) is 5.56 Å². The molecule has 3 rings (SSSR count). The molecule has 3 nitrogen and oxygen atoms in total. The fraction of sp³-hybridized carbons (Fsp3) is 0.350. The maximum Gasteiger partial charge on any atom is 0.337 e. The summed E-state index contributed by atoms with van der Waals surface area (Å²) in [5.41, 5.74) is 3.97. The topological polar surface area (TPSA) is 49.3 Å². The van der Waals surface area contributed by atoms with E-state index >= 15 is 0 Å². The van der Waals surface area contributed by atoms with Crippen LogP contribution < -0.4 is 5.32 Å². The van der Waals surface area contributed by atoms with Crippen LogP contribution in [0.5, 0.6) is 0 Å². The molecule has 23 heavy (non-hydrogen) atoms. The second-order valence-electron chi connectivity index (χ2n) is 7.42. The van der Waals surface area contributed by atoms with Gasteiger partial charge in [0.15, 0.2) is 0 Å². The highest BCUT2D eigenvalue weighted by atomic mass is 16.4. The van der Waals surface area contributed by atoms with Crippen molar-refractivity contribution in [2.45, 2.75) is 45.1 Å². The van der Waals surface area contributed by atoms with Gasteiger partial charge in [-0.25, -0.2) is 4.79 Å². The molecule has 0 aromatic heterocycles. The van der Waals surface area contributed by atoms with Crippen LogP contribution in [0.15, 0.2) is 42.5 Å². The summed E-state index contributed by atoms with van der Waals surface area (Å²) in [6.45, 7) is 8.43. The fourth-order valence-electron chi connectivity index (χ4n) is 3.95. The number of hydrogen-bond donors (Lipinski definition) is 2. The minimum Gasteiger partial charge on any atom is -0.478 e. The summed E-state index contributed by atoms with van der Waals surface area (Å²) in [7, 11) is 0. The zero-order chi connectivity index (χ0) is 16.8. The SMILES string of the molecule is Cc1cc(C(=O)O)c2c(c1)C(C)(c1ccccc1)CC(C)(C)N2. The smallest absolute Gasteiger partial charge is 0.337 e. The van der Waals surface area contributed by atoms with E-state index in [0.717, 1.165) is 23.2 Å². The monoisotopic (exact) mass is 309 g/mol. The Balaban J connectivity index is 2.32. The Morgan fingerprint density at radius 1 is 1.13 bits per heavy atom. The predicted octanol–water partition coefficient (Wildman–Crippen LogP) is 4.59. The number of aryl methyl sites for hydroxylation is 1. The van der Waals surface area contributed by atoms with Crippen LogP contribution in [-0.2, 0) is 5.41 Å². The van der Waals surface area contributed by atoms with Gasteiger partial charge in [0.25, 0.3) is 0 Å². The van der Waals surface area contributed by atoms with Crippen molar-refractivity contribution in [3.05, 3.63) is 64.7 Å². The van der Waals surface area contributed by atoms with E-state index in [1.54, 1.807) is 6.07 Å². The molecule has 0 saturated heterocycles. The summed E-state index contributed by atoms with van der Waals surface area (Å²) >= 11 is 0. The van der Waals surface area contributed by atoms with Crippen molar-refractivity contribution in [2.24, 2.45) is 0 Å². The summed E-state index contributed by atoms with van der Waals surface area (Å²) in [6, 6.07) is 14.2. The van der Waals surface area contributed by atoms with E-state index in [-0.39, 0.29) is 11.0 Å². The second-order valence-corrected chi connectivity index (χ2v) is 7.42. The molecule has 0 amide bonds. The van der Waals surface area contributed by atoms with Crippen LogP contribution in [-0.4, -0.2) is 16.6 Å². The maximum atomic E-state index is 11.7. The van der Waals surface area contributed by atoms with Crippen molar-refractivity contribution in [1.29, 1.82) is 0 Å². The number of anilines is 1. The van der Waals surface area contributed by atoms with Crippen LogP contribution in [0.2, 0.25) is 0 Å². The molecule has 2 aromatic carbocycles. The standard InChI is InChI=1S/C20H23NO2/c1-13-10-15(18(22)23)17-16(11-13)20(4,12-19(2,3)21-17)14-8-6-5-7-9-14/h5-11,21H,12H2,1-4H3,(H,22,23). The molecule has 0 spiro atoms. The van der Waals surface area contributed by atoms with Crippen molar-refractivity contribution in [3.63, 3.8) is 0 Å². The van der Waals surface area contributed by atoms with Gasteiger partial charge < -0.3 is 10.4 Å². The molecule has 1 atom stereocenters. The summed E-state index contributed by atoms with van der Waals surface area (Å²) < 4.78 is 0. The number of benzene rings is 2. The number of carbonyl (C=O) groups is 1. The van der Waals surface area contributed by atoms with Crippen LogP contribution in [0.3, 0.4) is 0 Å². The minimum atomic E-state index is -0.884. The molecule has 1 aliphatic rings. The van der Waals surface area contributed by atoms with Crippen LogP contribution in [0.1, 0.15) is 54.2 Å². The quantitative estimate of drug-likeness (QED) is 0.853. The Morgan fingerprint density at radius 2 is 1.78 bits per heavy atom. The van der Waals surface area contributed by atoms with E-state index in [9.17, 15) is 9.90 Å². The summed E-state index contributed by atoms with van der Waals surface area (Å²) in [5, 5.41) is 13.1. The van der Waals surface area contributed by atoms with Gasteiger partial charge in [0.05, 0.1) is 11.3 Å². The molecule has 0 radical (unpaired) electrons. The van der Waals surface area contributed by atoms with E-state index < -0.39 is 5.97 Å². The zero-order valence-corrected chi connectivity index (χ0v) is 14.1. The Bertz CT molecular complexity index is 765. The summed E-state index contributed by atoms with van der Waals surface area (Å²) in [5.74, 6) is -0.884. The van der Waals surface area contributed by atoms with Gasteiger partial charge >= 0.3 is 5.97 Å². The normalized spacial score (nSPS) is 22.1. The molecule has 0 fully saturated rings. The van der Waals surface area contributed by atoms with E-state index in [2.05, 4.69) is 44.3 Å². The lowest BCUT2D eigenvalue weighted by atomic mass is 9.65. The highest BCUT2D eigenvalue weighted by Crippen LogP contribution is 2.48. The molecule has 0 saturated carbocycles. The lowest BCUT2D eigenvalue weighted by Gasteiger charge is -2.46. The Morgan fingerprint density at radius 3 is 2.39 bits per heavy atom. The van der Waals surface area contributed by atoms with E-state index in [4.69, 9.17) is 0 Å². The molecular weight excluding hydrogens is 286 g/mol. The molecular formula is C20H23NO2. The second kappa shape index (κ2) is 5.12. The third-order valence-electron chi connectivity index (χ3n) is 4.78. The molecule has 2 aromatic rings. The van der Waals surface area contributed by atoms with Crippen LogP contribution in [0, 0.1) is 6.92 Å². The van der Waals surface area contributed by atoms with Crippen molar-refractivity contribution >= 4 is 11.7 Å². The lowest BCUT2D eigenvalue weighted by Crippen LogP contribution is -2.45. The van der Waals surface area contributed by atoms with Gasteiger partial charge in [-0.2, -0.15) is 0 Å². The molecule has 0 aliphatic carbocycles. The first-order valence-electron chi connectivity index (χ1n) is 7.95. The number of aromatic carboxylic acids is 1. The first kappa shape index (κ1) is 15.6. The van der Waals surface area contributed by atoms with Crippen molar-refractivity contribution in [3.8, 4) is 0 Å². The molecule has 3 heteroatoms. The highest BCUT2D eigenvalue weighted by molar-refractivity contribution is 5.96. The molecule has 1 aliphatic heterocycles. The average Bonchev–Trinajstić information content (AvgIpc) is 2.47. The number of rotatable bonds is 2. The number of nitrogens with one attached hydrogen (secondary N) is 1. The number of hydrogen-bond acceptors (Lipinski definition) is 2. The van der Waals surface area contributed by atoms with Gasteiger partial charge in [0, 0.05) is 11.0 Å². The maximum absolute atomic E-state index is 11.7. The zero-order valence-electron chi connectivity index (χ0n) is 14.1. The number of carboxylic acid groups (broad SMARTS) is 1. The van der Waals surface area contributed by atoms with Gasteiger partial charge in [0.1, 0.15) is 0 Å². The van der Waals surface area contributed by atoms with Gasteiger partial charge in [-0.3, -0.25) is 0 Å². The van der Waals surface area contributed by atoms with Crippen LogP contribution in [0.4, 0.5) is 5.69 Å². The number of carboxylic acids is 1. The Labute approximate surface area is 137 Å². The minimum absolute atomic E-state index is 0.183. The van der Waals surface area contributed by atoms with Gasteiger partial charge in [0.2, 0.25) is 0 Å². The third-order valence-corrected chi connectivity index (χ3v) is 4.78. The molecule has 0 bridgehead atoms. The molecule has 1 heterocycles. The first-order valence-corrected chi connectivity index (χ1v) is 7.95. The van der Waals surface area contributed by atoms with Gasteiger partial charge in [-0.1, -0.05) is 43.3 Å². The fourth-order valence-corrected chi connectivity index (χ4v) is 3.95. The van der Waals surface area contributed by atoms with Crippen molar-refractivity contribution in [2.75, 3.05) is 5.32 Å². The summed E-state index contributed by atoms with van der Waals surface area (Å²) in [4.78, 5) is 11.7. The van der Waals surface area contributed by atoms with Crippen molar-refractivity contribution < 1.29 is 9.90 Å². The average molecular weight is 309 g/mol. The summed E-state index contributed by atoms with van der Waals surface area (Å²) in [6.07, 6.45) is 0.902. The third kappa shape index (κ3) is 2.61. The van der Waals surface area contributed by atoms with Crippen LogP contribution in [0.25, 0.3) is 0 Å². The van der Waals surface area contributed by atoms with E-state index in [1.807, 2.05) is 25.1 Å². The lowest BCUT2D eigenvalue weighted by molar-refractivity contribution is 0.0697. The Hall–Kier alpha value is -2.29. The Kier molecular flexibility index (Phi) is 3.47.